The molecule has 1 aliphatic carbocycles. The molecular weight excluding hydrogens is 709 g/mol. The van der Waals surface area contributed by atoms with Crippen molar-refractivity contribution in [2.75, 3.05) is 36.0 Å². The topological polar surface area (TPSA) is 62.8 Å². The smallest absolute Gasteiger partial charge is 0.268 e. The number of aryl methyl sites for hydroxylation is 1. The van der Waals surface area contributed by atoms with Crippen LogP contribution in [0.15, 0.2) is 29.1 Å². The minimum Gasteiger partial charge on any atom is -0.371 e. The van der Waals surface area contributed by atoms with E-state index in [2.05, 4.69) is 78.4 Å². The maximum absolute atomic E-state index is 10.6. The number of hydrogen-bond acceptors (Lipinski definition) is 4. The summed E-state index contributed by atoms with van der Waals surface area (Å²) in [6, 6.07) is 9.15. The molecule has 0 aliphatic heterocycles. The minimum atomic E-state index is -0.0146. The van der Waals surface area contributed by atoms with Crippen LogP contribution in [0.1, 0.15) is 219 Å². The lowest BCUT2D eigenvalue weighted by Crippen LogP contribution is -2.30. The lowest BCUT2D eigenvalue weighted by atomic mass is 9.83. The van der Waals surface area contributed by atoms with Gasteiger partial charge in [0.05, 0.1) is 25.3 Å². The highest BCUT2D eigenvalue weighted by atomic mass is 15.2. The van der Waals surface area contributed by atoms with Crippen molar-refractivity contribution in [1.82, 2.24) is 0 Å². The second-order valence-electron chi connectivity index (χ2n) is 17.1. The molecule has 1 saturated carbocycles. The lowest BCUT2D eigenvalue weighted by Gasteiger charge is -2.34. The maximum Gasteiger partial charge on any atom is 0.268 e. The van der Waals surface area contributed by atoms with Crippen molar-refractivity contribution < 1.29 is 0 Å². The van der Waals surface area contributed by atoms with Crippen LogP contribution in [0.3, 0.4) is 0 Å². The number of rotatable bonds is 33. The van der Waals surface area contributed by atoms with Gasteiger partial charge in [-0.2, -0.15) is 0 Å². The van der Waals surface area contributed by atoms with Gasteiger partial charge >= 0.3 is 0 Å². The maximum atomic E-state index is 10.6. The number of benzene rings is 1. The van der Waals surface area contributed by atoms with Gasteiger partial charge in [0.25, 0.3) is 11.4 Å². The fraction of sp³-hybridized carbons (Fsp3) is 0.731. The molecule has 0 N–H and O–H groups in total. The Bertz CT molecular complexity index is 1450. The summed E-state index contributed by atoms with van der Waals surface area (Å²) in [5, 5.41) is 21.0. The molecule has 0 aromatic heterocycles. The molecule has 6 heteroatoms. The number of nitriles is 2. The van der Waals surface area contributed by atoms with Crippen molar-refractivity contribution >= 4 is 16.9 Å². The SMILES string of the molecule is [C-]#[N+]/C(C#N)=C(\C(=C(/C#N)[N+]#[C-])C1CCCC1)c1cc(C)c(N(CCCCCCCC)CCCCCCCC)cc1N(CCCCCCCC)CCCCCCCC. The zero-order chi connectivity index (χ0) is 42.2. The van der Waals surface area contributed by atoms with Gasteiger partial charge in [-0.05, 0) is 85.8 Å². The van der Waals surface area contributed by atoms with E-state index in [0.717, 1.165) is 81.5 Å². The van der Waals surface area contributed by atoms with E-state index in [1.807, 2.05) is 0 Å². The van der Waals surface area contributed by atoms with Crippen molar-refractivity contribution in [1.29, 1.82) is 10.5 Å². The standard InChI is InChI=1S/C52H82N6/c1-8-12-16-20-24-30-36-57(37-31-25-21-17-13-9-2)49-41-50(58(38-32-26-22-18-14-10-3)39-33-27-23-19-15-11-4)46(40-44(49)5)52(48(43-54)56-7)51(47(42-53)55-6)45-34-28-29-35-45/h40-41,45H,8-39H2,1-5H3/b51-47+,52-48-. The zero-order valence-electron chi connectivity index (χ0n) is 38.0. The highest BCUT2D eigenvalue weighted by Gasteiger charge is 2.31. The number of unbranched alkanes of at least 4 members (excludes halogenated alkanes) is 20. The Morgan fingerprint density at radius 3 is 1.28 bits per heavy atom. The van der Waals surface area contributed by atoms with E-state index in [1.165, 1.54) is 147 Å². The Kier molecular flexibility index (Phi) is 27.9. The molecule has 58 heavy (non-hydrogen) atoms. The molecule has 0 saturated heterocycles. The molecule has 0 radical (unpaired) electrons. The average molecular weight is 791 g/mol. The molecular formula is C52H82N6. The number of hydrogen-bond donors (Lipinski definition) is 0. The van der Waals surface area contributed by atoms with Gasteiger partial charge in [-0.3, -0.25) is 0 Å². The van der Waals surface area contributed by atoms with E-state index < -0.39 is 0 Å². The van der Waals surface area contributed by atoms with Crippen LogP contribution in [0.4, 0.5) is 11.4 Å². The summed E-state index contributed by atoms with van der Waals surface area (Å²) in [6.07, 6.45) is 33.5. The van der Waals surface area contributed by atoms with E-state index >= 15 is 0 Å². The van der Waals surface area contributed by atoms with Crippen molar-refractivity contribution in [2.24, 2.45) is 5.92 Å². The highest BCUT2D eigenvalue weighted by molar-refractivity contribution is 5.93. The third kappa shape index (κ3) is 18.0. The normalized spacial score (nSPS) is 13.6. The third-order valence-corrected chi connectivity index (χ3v) is 12.4. The van der Waals surface area contributed by atoms with E-state index in [-0.39, 0.29) is 17.3 Å². The van der Waals surface area contributed by atoms with Crippen LogP contribution < -0.4 is 9.80 Å². The van der Waals surface area contributed by atoms with Crippen LogP contribution in [0.2, 0.25) is 0 Å². The van der Waals surface area contributed by atoms with Gasteiger partial charge in [0.15, 0.2) is 0 Å². The Morgan fingerprint density at radius 1 is 0.552 bits per heavy atom. The van der Waals surface area contributed by atoms with Crippen LogP contribution in [-0.2, 0) is 0 Å². The second-order valence-corrected chi connectivity index (χ2v) is 17.1. The van der Waals surface area contributed by atoms with Crippen LogP contribution in [0, 0.1) is 48.6 Å². The summed E-state index contributed by atoms with van der Waals surface area (Å²) >= 11 is 0. The van der Waals surface area contributed by atoms with E-state index in [1.54, 1.807) is 0 Å². The Labute approximate surface area is 357 Å². The molecule has 0 atom stereocenters. The number of nitrogens with zero attached hydrogens (tertiary/aromatic N) is 6. The Morgan fingerprint density at radius 2 is 0.914 bits per heavy atom. The predicted molar refractivity (Wildman–Crippen MR) is 249 cm³/mol. The fourth-order valence-electron chi connectivity index (χ4n) is 8.94. The Hall–Kier alpha value is -3.74. The molecule has 0 unspecified atom stereocenters. The predicted octanol–water partition coefficient (Wildman–Crippen LogP) is 16.1. The largest absolute Gasteiger partial charge is 0.371 e. The van der Waals surface area contributed by atoms with Crippen LogP contribution in [-0.4, -0.2) is 26.2 Å². The summed E-state index contributed by atoms with van der Waals surface area (Å²) in [7, 11) is 0. The monoisotopic (exact) mass is 791 g/mol. The Balaban J connectivity index is 2.86. The first-order valence-electron chi connectivity index (χ1n) is 24.1. The number of allylic oxidation sites excluding steroid dienone is 4. The van der Waals surface area contributed by atoms with Gasteiger partial charge in [-0.15, -0.1) is 0 Å². The summed E-state index contributed by atoms with van der Waals surface area (Å²) < 4.78 is 0. The lowest BCUT2D eigenvalue weighted by molar-refractivity contribution is 0.572. The molecule has 1 fully saturated rings. The number of anilines is 2. The highest BCUT2D eigenvalue weighted by Crippen LogP contribution is 2.46. The first-order valence-corrected chi connectivity index (χ1v) is 24.1. The van der Waals surface area contributed by atoms with Gasteiger partial charge in [0.2, 0.25) is 0 Å². The summed E-state index contributed by atoms with van der Waals surface area (Å²) in [5.74, 6) is -0.0146. The second kappa shape index (κ2) is 32.2. The summed E-state index contributed by atoms with van der Waals surface area (Å²) in [4.78, 5) is 12.9. The van der Waals surface area contributed by atoms with Gasteiger partial charge in [-0.1, -0.05) is 169 Å². The molecule has 6 nitrogen and oxygen atoms in total. The molecule has 0 spiro atoms. The van der Waals surface area contributed by atoms with E-state index in [0.29, 0.717) is 11.1 Å². The quantitative estimate of drug-likeness (QED) is 0.0308. The van der Waals surface area contributed by atoms with E-state index in [4.69, 9.17) is 13.1 Å². The fourth-order valence-corrected chi connectivity index (χ4v) is 8.94. The van der Waals surface area contributed by atoms with Crippen molar-refractivity contribution in [3.8, 4) is 12.1 Å². The van der Waals surface area contributed by atoms with Crippen LogP contribution in [0.5, 0.6) is 0 Å². The van der Waals surface area contributed by atoms with Gasteiger partial charge in [0.1, 0.15) is 0 Å². The molecule has 0 amide bonds. The molecule has 0 heterocycles. The van der Waals surface area contributed by atoms with Gasteiger partial charge < -0.3 is 9.80 Å². The average Bonchev–Trinajstić information content (AvgIpc) is 3.77. The van der Waals surface area contributed by atoms with Crippen molar-refractivity contribution in [3.05, 3.63) is 63.1 Å². The third-order valence-electron chi connectivity index (χ3n) is 12.4. The van der Waals surface area contributed by atoms with E-state index in [9.17, 15) is 10.5 Å². The molecule has 0 bridgehead atoms. The van der Waals surface area contributed by atoms with Gasteiger partial charge in [0, 0.05) is 37.6 Å². The minimum absolute atomic E-state index is 0.00166. The molecule has 2 rings (SSSR count). The van der Waals surface area contributed by atoms with Gasteiger partial charge in [-0.25, -0.2) is 20.2 Å². The summed E-state index contributed by atoms with van der Waals surface area (Å²) in [5.41, 5.74) is 5.54. The zero-order valence-corrected chi connectivity index (χ0v) is 38.0. The van der Waals surface area contributed by atoms with Crippen molar-refractivity contribution in [2.45, 2.75) is 214 Å². The molecule has 1 aromatic rings. The summed E-state index contributed by atoms with van der Waals surface area (Å²) in [6.45, 7) is 31.6. The van der Waals surface area contributed by atoms with Crippen LogP contribution >= 0.6 is 0 Å². The molecule has 1 aromatic carbocycles. The molecule has 1 aliphatic rings. The molecule has 320 valence electrons. The first kappa shape index (κ1) is 50.4. The van der Waals surface area contributed by atoms with Crippen molar-refractivity contribution in [3.63, 3.8) is 0 Å². The first-order chi connectivity index (χ1) is 28.4. The van der Waals surface area contributed by atoms with Crippen LogP contribution in [0.25, 0.3) is 15.3 Å².